The zero-order valence-corrected chi connectivity index (χ0v) is 9.13. The van der Waals surface area contributed by atoms with Gasteiger partial charge in [0.05, 0.1) is 5.54 Å². The molecular formula is C10H19N3. The van der Waals surface area contributed by atoms with Crippen molar-refractivity contribution in [2.24, 2.45) is 0 Å². The van der Waals surface area contributed by atoms with Gasteiger partial charge in [0.15, 0.2) is 0 Å². The van der Waals surface area contributed by atoms with Crippen LogP contribution in [0.5, 0.6) is 0 Å². The first kappa shape index (κ1) is 10.1. The second kappa shape index (κ2) is 3.40. The molecule has 3 heteroatoms. The van der Waals surface area contributed by atoms with E-state index in [1.807, 2.05) is 16.9 Å². The molecular weight excluding hydrogens is 162 g/mol. The summed E-state index contributed by atoms with van der Waals surface area (Å²) in [7, 11) is 0. The highest BCUT2D eigenvalue weighted by Crippen LogP contribution is 2.14. The fraction of sp³-hybridized carbons (Fsp3) is 0.700. The summed E-state index contributed by atoms with van der Waals surface area (Å²) in [4.78, 5) is 0. The van der Waals surface area contributed by atoms with Gasteiger partial charge in [0.1, 0.15) is 5.82 Å². The average Bonchev–Trinajstić information content (AvgIpc) is 2.32. The Kier molecular flexibility index (Phi) is 2.64. The molecule has 0 fully saturated rings. The predicted molar refractivity (Wildman–Crippen MR) is 56.0 cm³/mol. The molecule has 1 heterocycles. The van der Waals surface area contributed by atoms with E-state index < -0.39 is 0 Å². The Bertz CT molecular complexity index is 268. The van der Waals surface area contributed by atoms with Crippen LogP contribution in [0, 0.1) is 0 Å². The van der Waals surface area contributed by atoms with Gasteiger partial charge >= 0.3 is 0 Å². The highest BCUT2D eigenvalue weighted by molar-refractivity contribution is 5.33. The van der Waals surface area contributed by atoms with Crippen molar-refractivity contribution in [1.29, 1.82) is 0 Å². The molecule has 0 bridgehead atoms. The van der Waals surface area contributed by atoms with Crippen LogP contribution in [0.2, 0.25) is 0 Å². The Morgan fingerprint density at radius 1 is 1.38 bits per heavy atom. The summed E-state index contributed by atoms with van der Waals surface area (Å²) >= 11 is 0. The normalized spacial score (nSPS) is 12.2. The van der Waals surface area contributed by atoms with Crippen LogP contribution in [0.25, 0.3) is 0 Å². The van der Waals surface area contributed by atoms with Gasteiger partial charge < -0.3 is 5.32 Å². The number of hydrogen-bond acceptors (Lipinski definition) is 2. The molecule has 0 aliphatic heterocycles. The zero-order valence-electron chi connectivity index (χ0n) is 9.13. The molecule has 3 nitrogen and oxygen atoms in total. The van der Waals surface area contributed by atoms with Crippen molar-refractivity contribution in [3.05, 3.63) is 12.3 Å². The summed E-state index contributed by atoms with van der Waals surface area (Å²) in [5.41, 5.74) is 0.0664. The van der Waals surface area contributed by atoms with E-state index in [4.69, 9.17) is 0 Å². The van der Waals surface area contributed by atoms with E-state index >= 15 is 0 Å². The lowest BCUT2D eigenvalue weighted by Crippen LogP contribution is -2.22. The van der Waals surface area contributed by atoms with Crippen molar-refractivity contribution in [3.8, 4) is 0 Å². The lowest BCUT2D eigenvalue weighted by atomic mass is 10.1. The number of hydrogen-bond donors (Lipinski definition) is 1. The molecule has 1 rings (SSSR count). The quantitative estimate of drug-likeness (QED) is 0.759. The van der Waals surface area contributed by atoms with Gasteiger partial charge in [-0.1, -0.05) is 0 Å². The summed E-state index contributed by atoms with van der Waals surface area (Å²) in [5.74, 6) is 0.949. The van der Waals surface area contributed by atoms with Gasteiger partial charge in [-0.25, -0.2) is 0 Å². The molecule has 0 saturated heterocycles. The lowest BCUT2D eigenvalue weighted by molar-refractivity contribution is 0.356. The van der Waals surface area contributed by atoms with Gasteiger partial charge in [-0.05, 0) is 34.6 Å². The van der Waals surface area contributed by atoms with Crippen LogP contribution in [0.3, 0.4) is 0 Å². The highest BCUT2D eigenvalue weighted by atomic mass is 15.3. The van der Waals surface area contributed by atoms with Gasteiger partial charge in [0.2, 0.25) is 0 Å². The van der Waals surface area contributed by atoms with Crippen LogP contribution in [-0.4, -0.2) is 15.8 Å². The third-order valence-electron chi connectivity index (χ3n) is 1.71. The Hall–Kier alpha value is -0.990. The fourth-order valence-electron chi connectivity index (χ4n) is 1.07. The molecule has 0 atom stereocenters. The smallest absolute Gasteiger partial charge is 0.148 e. The molecule has 74 valence electrons. The van der Waals surface area contributed by atoms with E-state index in [0.717, 1.165) is 5.82 Å². The SMILES string of the molecule is CC(C)Nc1ccn(C(C)(C)C)n1. The minimum Gasteiger partial charge on any atom is -0.366 e. The highest BCUT2D eigenvalue weighted by Gasteiger charge is 2.13. The van der Waals surface area contributed by atoms with E-state index in [2.05, 4.69) is 45.0 Å². The number of rotatable bonds is 2. The number of nitrogens with one attached hydrogen (secondary N) is 1. The molecule has 0 aliphatic rings. The fourth-order valence-corrected chi connectivity index (χ4v) is 1.07. The number of aromatic nitrogens is 2. The number of anilines is 1. The predicted octanol–water partition coefficient (Wildman–Crippen LogP) is 2.46. The van der Waals surface area contributed by atoms with Crippen molar-refractivity contribution >= 4 is 5.82 Å². The molecule has 0 aliphatic carbocycles. The van der Waals surface area contributed by atoms with Crippen molar-refractivity contribution in [2.45, 2.75) is 46.2 Å². The largest absolute Gasteiger partial charge is 0.366 e. The second-order valence-electron chi connectivity index (χ2n) is 4.62. The van der Waals surface area contributed by atoms with Crippen LogP contribution < -0.4 is 5.32 Å². The minimum absolute atomic E-state index is 0.0664. The van der Waals surface area contributed by atoms with E-state index in [9.17, 15) is 0 Å². The summed E-state index contributed by atoms with van der Waals surface area (Å²) < 4.78 is 1.97. The molecule has 0 radical (unpaired) electrons. The Morgan fingerprint density at radius 2 is 2.00 bits per heavy atom. The first-order valence-electron chi connectivity index (χ1n) is 4.72. The lowest BCUT2D eigenvalue weighted by Gasteiger charge is -2.18. The average molecular weight is 181 g/mol. The first-order valence-corrected chi connectivity index (χ1v) is 4.72. The summed E-state index contributed by atoms with van der Waals surface area (Å²) in [6, 6.07) is 2.44. The number of nitrogens with zero attached hydrogens (tertiary/aromatic N) is 2. The Morgan fingerprint density at radius 3 is 2.38 bits per heavy atom. The van der Waals surface area contributed by atoms with Gasteiger partial charge in [-0.3, -0.25) is 4.68 Å². The monoisotopic (exact) mass is 181 g/mol. The standard InChI is InChI=1S/C10H19N3/c1-8(2)11-9-6-7-13(12-9)10(3,4)5/h6-8H,1-5H3,(H,11,12). The maximum absolute atomic E-state index is 4.43. The molecule has 0 amide bonds. The summed E-state index contributed by atoms with van der Waals surface area (Å²) in [6.07, 6.45) is 2.00. The van der Waals surface area contributed by atoms with Crippen molar-refractivity contribution in [1.82, 2.24) is 9.78 Å². The van der Waals surface area contributed by atoms with E-state index in [1.165, 1.54) is 0 Å². The Balaban J connectivity index is 2.75. The van der Waals surface area contributed by atoms with Crippen LogP contribution in [-0.2, 0) is 5.54 Å². The zero-order chi connectivity index (χ0) is 10.1. The van der Waals surface area contributed by atoms with Gasteiger partial charge in [-0.15, -0.1) is 0 Å². The van der Waals surface area contributed by atoms with Crippen LogP contribution in [0.15, 0.2) is 12.3 Å². The Labute approximate surface area is 80.1 Å². The molecule has 0 spiro atoms. The maximum atomic E-state index is 4.43. The molecule has 13 heavy (non-hydrogen) atoms. The van der Waals surface area contributed by atoms with Crippen molar-refractivity contribution in [2.75, 3.05) is 5.32 Å². The van der Waals surface area contributed by atoms with Crippen molar-refractivity contribution < 1.29 is 0 Å². The molecule has 1 aromatic heterocycles. The van der Waals surface area contributed by atoms with Crippen LogP contribution in [0.1, 0.15) is 34.6 Å². The maximum Gasteiger partial charge on any atom is 0.148 e. The molecule has 0 unspecified atom stereocenters. The molecule has 1 N–H and O–H groups in total. The van der Waals surface area contributed by atoms with E-state index in [-0.39, 0.29) is 5.54 Å². The van der Waals surface area contributed by atoms with Crippen molar-refractivity contribution in [3.63, 3.8) is 0 Å². The topological polar surface area (TPSA) is 29.9 Å². The van der Waals surface area contributed by atoms with Gasteiger partial charge in [0, 0.05) is 18.3 Å². The van der Waals surface area contributed by atoms with Crippen LogP contribution >= 0.6 is 0 Å². The van der Waals surface area contributed by atoms with E-state index in [1.54, 1.807) is 0 Å². The first-order chi connectivity index (χ1) is 5.89. The third-order valence-corrected chi connectivity index (χ3v) is 1.71. The minimum atomic E-state index is 0.0664. The van der Waals surface area contributed by atoms with E-state index in [0.29, 0.717) is 6.04 Å². The van der Waals surface area contributed by atoms with Gasteiger partial charge in [0.25, 0.3) is 0 Å². The van der Waals surface area contributed by atoms with Gasteiger partial charge in [-0.2, -0.15) is 5.10 Å². The molecule has 1 aromatic rings. The summed E-state index contributed by atoms with van der Waals surface area (Å²) in [5, 5.41) is 7.69. The third kappa shape index (κ3) is 2.76. The second-order valence-corrected chi connectivity index (χ2v) is 4.62. The molecule has 0 saturated carbocycles. The van der Waals surface area contributed by atoms with Crippen LogP contribution in [0.4, 0.5) is 5.82 Å². The molecule has 0 aromatic carbocycles. The summed E-state index contributed by atoms with van der Waals surface area (Å²) in [6.45, 7) is 10.6.